The summed E-state index contributed by atoms with van der Waals surface area (Å²) in [6, 6.07) is 6.49. The topological polar surface area (TPSA) is 53.2 Å². The van der Waals surface area contributed by atoms with Gasteiger partial charge in [-0.25, -0.2) is 4.39 Å². The second-order valence-corrected chi connectivity index (χ2v) is 6.47. The molecule has 0 unspecified atom stereocenters. The van der Waals surface area contributed by atoms with Crippen molar-refractivity contribution in [1.82, 2.24) is 9.88 Å². The minimum Gasteiger partial charge on any atom is -0.355 e. The molecule has 1 N–H and O–H groups in total. The van der Waals surface area contributed by atoms with E-state index < -0.39 is 0 Å². The number of carbonyl (C=O) groups excluding carboxylic acids is 2. The van der Waals surface area contributed by atoms with Gasteiger partial charge in [-0.05, 0) is 43.5 Å². The molecule has 1 amide bonds. The van der Waals surface area contributed by atoms with Crippen molar-refractivity contribution in [2.75, 3.05) is 13.1 Å². The van der Waals surface area contributed by atoms with E-state index in [0.29, 0.717) is 24.3 Å². The van der Waals surface area contributed by atoms with Gasteiger partial charge in [-0.1, -0.05) is 12.1 Å². The number of likely N-dealkylation sites (tertiary alicyclic amines) is 1. The van der Waals surface area contributed by atoms with Crippen LogP contribution in [-0.4, -0.2) is 34.7 Å². The lowest BCUT2D eigenvalue weighted by Crippen LogP contribution is -2.29. The van der Waals surface area contributed by atoms with Crippen molar-refractivity contribution < 1.29 is 14.0 Å². The molecule has 1 fully saturated rings. The second-order valence-electron chi connectivity index (χ2n) is 6.47. The summed E-state index contributed by atoms with van der Waals surface area (Å²) in [4.78, 5) is 29.4. The number of benzene rings is 1. The number of hydrogen-bond donors (Lipinski definition) is 1. The Morgan fingerprint density at radius 2 is 1.88 bits per heavy atom. The summed E-state index contributed by atoms with van der Waals surface area (Å²) < 4.78 is 13.1. The minimum atomic E-state index is -0.250. The average molecular weight is 328 g/mol. The van der Waals surface area contributed by atoms with E-state index in [4.69, 9.17) is 0 Å². The molecular weight excluding hydrogens is 307 g/mol. The Morgan fingerprint density at radius 1 is 1.21 bits per heavy atom. The van der Waals surface area contributed by atoms with Crippen molar-refractivity contribution in [3.05, 3.63) is 58.2 Å². The molecule has 2 aromatic rings. The lowest BCUT2D eigenvalue weighted by atomic mass is 9.98. The zero-order valence-corrected chi connectivity index (χ0v) is 14.1. The highest BCUT2D eigenvalue weighted by Crippen LogP contribution is 2.30. The van der Waals surface area contributed by atoms with E-state index in [2.05, 4.69) is 4.98 Å². The number of carbonyl (C=O) groups is 2. The molecule has 0 bridgehead atoms. The van der Waals surface area contributed by atoms with Crippen LogP contribution >= 0.6 is 0 Å². The molecule has 0 saturated carbocycles. The third-order valence-electron chi connectivity index (χ3n) is 4.82. The van der Waals surface area contributed by atoms with Crippen molar-refractivity contribution in [3.8, 4) is 0 Å². The van der Waals surface area contributed by atoms with E-state index in [-0.39, 0.29) is 23.4 Å². The molecule has 1 aromatic heterocycles. The standard InChI is InChI=1S/C19H21FN2O2/c1-11-17(12(2)21-18(11)13(3)23)19(24)22-9-8-15(10-22)14-4-6-16(20)7-5-14/h4-7,15,21H,8-10H2,1-3H3/t15-/m0/s1. The zero-order chi connectivity index (χ0) is 17.4. The summed E-state index contributed by atoms with van der Waals surface area (Å²) in [6.07, 6.45) is 0.861. The van der Waals surface area contributed by atoms with Crippen LogP contribution in [0, 0.1) is 19.7 Å². The highest BCUT2D eigenvalue weighted by atomic mass is 19.1. The van der Waals surface area contributed by atoms with Crippen molar-refractivity contribution in [1.29, 1.82) is 0 Å². The Bertz CT molecular complexity index is 792. The Labute approximate surface area is 140 Å². The maximum absolute atomic E-state index is 13.1. The Kier molecular flexibility index (Phi) is 4.26. The largest absolute Gasteiger partial charge is 0.355 e. The maximum atomic E-state index is 13.1. The first-order valence-electron chi connectivity index (χ1n) is 8.13. The molecule has 2 heterocycles. The first kappa shape index (κ1) is 16.4. The van der Waals surface area contributed by atoms with Crippen molar-refractivity contribution in [2.24, 2.45) is 0 Å². The average Bonchev–Trinajstić information content (AvgIpc) is 3.13. The molecule has 0 aliphatic carbocycles. The minimum absolute atomic E-state index is 0.0432. The second kappa shape index (κ2) is 6.23. The van der Waals surface area contributed by atoms with E-state index in [1.54, 1.807) is 19.1 Å². The third-order valence-corrected chi connectivity index (χ3v) is 4.82. The number of Topliss-reactive ketones (excluding diaryl/α,β-unsaturated/α-hetero) is 1. The van der Waals surface area contributed by atoms with E-state index in [0.717, 1.165) is 23.2 Å². The molecule has 1 saturated heterocycles. The Hall–Kier alpha value is -2.43. The van der Waals surface area contributed by atoms with Crippen LogP contribution in [-0.2, 0) is 0 Å². The number of amides is 1. The maximum Gasteiger partial charge on any atom is 0.255 e. The van der Waals surface area contributed by atoms with Crippen molar-refractivity contribution >= 4 is 11.7 Å². The van der Waals surface area contributed by atoms with Gasteiger partial charge in [0, 0.05) is 31.6 Å². The number of H-pyrrole nitrogens is 1. The first-order valence-corrected chi connectivity index (χ1v) is 8.13. The van der Waals surface area contributed by atoms with Crippen LogP contribution in [0.25, 0.3) is 0 Å². The van der Waals surface area contributed by atoms with Gasteiger partial charge in [-0.2, -0.15) is 0 Å². The molecule has 1 aromatic carbocycles. The number of rotatable bonds is 3. The van der Waals surface area contributed by atoms with E-state index in [1.165, 1.54) is 19.1 Å². The highest BCUT2D eigenvalue weighted by Gasteiger charge is 2.31. The molecule has 24 heavy (non-hydrogen) atoms. The van der Waals surface area contributed by atoms with Gasteiger partial charge < -0.3 is 9.88 Å². The monoisotopic (exact) mass is 328 g/mol. The van der Waals surface area contributed by atoms with Gasteiger partial charge >= 0.3 is 0 Å². The summed E-state index contributed by atoms with van der Waals surface area (Å²) >= 11 is 0. The summed E-state index contributed by atoms with van der Waals surface area (Å²) in [5.74, 6) is -0.139. The number of nitrogens with zero attached hydrogens (tertiary/aromatic N) is 1. The van der Waals surface area contributed by atoms with Crippen LogP contribution in [0.1, 0.15) is 56.9 Å². The summed E-state index contributed by atoms with van der Waals surface area (Å²) in [5, 5.41) is 0. The Morgan fingerprint density at radius 3 is 2.46 bits per heavy atom. The quantitative estimate of drug-likeness (QED) is 0.875. The van der Waals surface area contributed by atoms with Gasteiger partial charge in [0.05, 0.1) is 11.3 Å². The number of aromatic amines is 1. The number of aromatic nitrogens is 1. The van der Waals surface area contributed by atoms with E-state index in [1.807, 2.05) is 11.8 Å². The number of ketones is 1. The summed E-state index contributed by atoms with van der Waals surface area (Å²) in [7, 11) is 0. The zero-order valence-electron chi connectivity index (χ0n) is 14.1. The summed E-state index contributed by atoms with van der Waals surface area (Å²) in [5.41, 5.74) is 3.60. The van der Waals surface area contributed by atoms with Crippen LogP contribution in [0.2, 0.25) is 0 Å². The Balaban J connectivity index is 1.80. The van der Waals surface area contributed by atoms with Gasteiger partial charge in [0.1, 0.15) is 5.82 Å². The molecule has 1 aliphatic heterocycles. The fourth-order valence-electron chi connectivity index (χ4n) is 3.53. The lowest BCUT2D eigenvalue weighted by molar-refractivity contribution is 0.0789. The lowest BCUT2D eigenvalue weighted by Gasteiger charge is -2.17. The van der Waals surface area contributed by atoms with Gasteiger partial charge in [0.2, 0.25) is 0 Å². The fourth-order valence-corrected chi connectivity index (χ4v) is 3.53. The molecule has 1 atom stereocenters. The predicted molar refractivity (Wildman–Crippen MR) is 89.9 cm³/mol. The van der Waals surface area contributed by atoms with Gasteiger partial charge in [-0.15, -0.1) is 0 Å². The van der Waals surface area contributed by atoms with E-state index >= 15 is 0 Å². The SMILES string of the molecule is CC(=O)c1[nH]c(C)c(C(=O)N2CC[C@H](c3ccc(F)cc3)C2)c1C. The van der Waals surface area contributed by atoms with Crippen LogP contribution in [0.15, 0.2) is 24.3 Å². The molecular formula is C19H21FN2O2. The summed E-state index contributed by atoms with van der Waals surface area (Å²) in [6.45, 7) is 6.40. The van der Waals surface area contributed by atoms with Crippen LogP contribution in [0.3, 0.4) is 0 Å². The van der Waals surface area contributed by atoms with E-state index in [9.17, 15) is 14.0 Å². The van der Waals surface area contributed by atoms with Crippen LogP contribution < -0.4 is 0 Å². The van der Waals surface area contributed by atoms with Crippen LogP contribution in [0.4, 0.5) is 4.39 Å². The van der Waals surface area contributed by atoms with Crippen LogP contribution in [0.5, 0.6) is 0 Å². The van der Waals surface area contributed by atoms with Gasteiger partial charge in [-0.3, -0.25) is 9.59 Å². The molecule has 0 radical (unpaired) electrons. The normalized spacial score (nSPS) is 17.3. The third kappa shape index (κ3) is 2.86. The molecule has 4 nitrogen and oxygen atoms in total. The van der Waals surface area contributed by atoms with Crippen molar-refractivity contribution in [3.63, 3.8) is 0 Å². The first-order chi connectivity index (χ1) is 11.4. The van der Waals surface area contributed by atoms with Gasteiger partial charge in [0.15, 0.2) is 5.78 Å². The van der Waals surface area contributed by atoms with Crippen molar-refractivity contribution in [2.45, 2.75) is 33.1 Å². The molecule has 0 spiro atoms. The smallest absolute Gasteiger partial charge is 0.255 e. The number of halogens is 1. The molecule has 126 valence electrons. The number of aryl methyl sites for hydroxylation is 1. The fraction of sp³-hybridized carbons (Fsp3) is 0.368. The number of nitrogens with one attached hydrogen (secondary N) is 1. The highest BCUT2D eigenvalue weighted by molar-refractivity contribution is 6.02. The molecule has 5 heteroatoms. The van der Waals surface area contributed by atoms with Gasteiger partial charge in [0.25, 0.3) is 5.91 Å². The predicted octanol–water partition coefficient (Wildman–Crippen LogP) is 3.60. The molecule has 1 aliphatic rings. The molecule has 3 rings (SSSR count). The number of hydrogen-bond acceptors (Lipinski definition) is 2.